The van der Waals surface area contributed by atoms with Crippen LogP contribution in [0, 0.1) is 6.92 Å². The first-order valence-corrected chi connectivity index (χ1v) is 5.93. The van der Waals surface area contributed by atoms with Gasteiger partial charge in [0.1, 0.15) is 0 Å². The van der Waals surface area contributed by atoms with Crippen molar-refractivity contribution in [2.75, 3.05) is 0 Å². The van der Waals surface area contributed by atoms with E-state index in [1.807, 2.05) is 13.8 Å². The van der Waals surface area contributed by atoms with E-state index in [0.717, 1.165) is 0 Å². The highest BCUT2D eigenvalue weighted by Gasteiger charge is 2.15. The lowest BCUT2D eigenvalue weighted by molar-refractivity contribution is 0.903. The van der Waals surface area contributed by atoms with E-state index >= 15 is 0 Å². The van der Waals surface area contributed by atoms with E-state index in [2.05, 4.69) is 26.0 Å². The van der Waals surface area contributed by atoms with E-state index in [0.29, 0.717) is 0 Å². The Morgan fingerprint density at radius 3 is 2.36 bits per heavy atom. The summed E-state index contributed by atoms with van der Waals surface area (Å²) < 4.78 is 0. The molecule has 1 aromatic rings. The van der Waals surface area contributed by atoms with Crippen molar-refractivity contribution >= 4 is 0 Å². The van der Waals surface area contributed by atoms with Gasteiger partial charge in [0, 0.05) is 0 Å². The quantitative estimate of drug-likeness (QED) is 0.626. The van der Waals surface area contributed by atoms with Gasteiger partial charge in [0.25, 0.3) is 0 Å². The SMILES string of the molecule is CC.CCc1ccc(C)c2c1CCC2. The summed E-state index contributed by atoms with van der Waals surface area (Å²) in [5.41, 5.74) is 6.39. The zero-order chi connectivity index (χ0) is 10.6. The maximum absolute atomic E-state index is 2.31. The molecule has 0 heteroatoms. The summed E-state index contributed by atoms with van der Waals surface area (Å²) in [6, 6.07) is 4.59. The minimum atomic E-state index is 1.20. The van der Waals surface area contributed by atoms with Crippen molar-refractivity contribution in [1.82, 2.24) is 0 Å². The molecule has 0 radical (unpaired) electrons. The van der Waals surface area contributed by atoms with Gasteiger partial charge in [-0.25, -0.2) is 0 Å². The van der Waals surface area contributed by atoms with Crippen molar-refractivity contribution in [3.63, 3.8) is 0 Å². The maximum atomic E-state index is 2.31. The molecule has 0 amide bonds. The molecule has 0 heterocycles. The van der Waals surface area contributed by atoms with Crippen molar-refractivity contribution in [3.05, 3.63) is 34.4 Å². The van der Waals surface area contributed by atoms with Crippen molar-refractivity contribution in [2.24, 2.45) is 0 Å². The summed E-state index contributed by atoms with van der Waals surface area (Å²) in [7, 11) is 0. The van der Waals surface area contributed by atoms with E-state index in [9.17, 15) is 0 Å². The standard InChI is InChI=1S/C12H16.C2H6/c1-3-10-8-7-9(2)11-5-4-6-12(10)11;1-2/h7-8H,3-6H2,1-2H3;1-2H3. The topological polar surface area (TPSA) is 0 Å². The van der Waals surface area contributed by atoms with E-state index in [-0.39, 0.29) is 0 Å². The van der Waals surface area contributed by atoms with Gasteiger partial charge in [-0.2, -0.15) is 0 Å². The fraction of sp³-hybridized carbons (Fsp3) is 0.571. The molecule has 1 aliphatic rings. The van der Waals surface area contributed by atoms with E-state index < -0.39 is 0 Å². The number of hydrogen-bond donors (Lipinski definition) is 0. The van der Waals surface area contributed by atoms with Crippen LogP contribution in [0.4, 0.5) is 0 Å². The number of hydrogen-bond acceptors (Lipinski definition) is 0. The van der Waals surface area contributed by atoms with Crippen LogP contribution in [0.15, 0.2) is 12.1 Å². The number of benzene rings is 1. The van der Waals surface area contributed by atoms with Crippen LogP contribution >= 0.6 is 0 Å². The molecule has 0 aromatic heterocycles. The van der Waals surface area contributed by atoms with Crippen LogP contribution in [-0.4, -0.2) is 0 Å². The molecule has 0 saturated carbocycles. The maximum Gasteiger partial charge on any atom is -0.0270 e. The van der Waals surface area contributed by atoms with Gasteiger partial charge in [0.2, 0.25) is 0 Å². The fourth-order valence-corrected chi connectivity index (χ4v) is 2.29. The van der Waals surface area contributed by atoms with Crippen LogP contribution in [0.5, 0.6) is 0 Å². The smallest absolute Gasteiger partial charge is 0.0270 e. The molecule has 14 heavy (non-hydrogen) atoms. The van der Waals surface area contributed by atoms with Crippen LogP contribution in [-0.2, 0) is 19.3 Å². The molecule has 0 saturated heterocycles. The molecule has 78 valence electrons. The highest BCUT2D eigenvalue weighted by atomic mass is 14.2. The van der Waals surface area contributed by atoms with Gasteiger partial charge in [-0.15, -0.1) is 0 Å². The van der Waals surface area contributed by atoms with Crippen LogP contribution in [0.1, 0.15) is 49.4 Å². The summed E-state index contributed by atoms with van der Waals surface area (Å²) >= 11 is 0. The second kappa shape index (κ2) is 5.19. The van der Waals surface area contributed by atoms with Gasteiger partial charge in [0.05, 0.1) is 0 Å². The molecule has 0 spiro atoms. The van der Waals surface area contributed by atoms with Crippen LogP contribution in [0.2, 0.25) is 0 Å². The van der Waals surface area contributed by atoms with Crippen LogP contribution in [0.25, 0.3) is 0 Å². The first-order chi connectivity index (χ1) is 6.83. The van der Waals surface area contributed by atoms with Crippen LogP contribution < -0.4 is 0 Å². The molecular formula is C14H22. The molecule has 0 fully saturated rings. The first-order valence-electron chi connectivity index (χ1n) is 5.93. The summed E-state index contributed by atoms with van der Waals surface area (Å²) in [4.78, 5) is 0. The average molecular weight is 190 g/mol. The molecule has 1 aliphatic carbocycles. The molecule has 0 bridgehead atoms. The largest absolute Gasteiger partial charge is 0.0683 e. The first kappa shape index (κ1) is 11.3. The monoisotopic (exact) mass is 190 g/mol. The van der Waals surface area contributed by atoms with Gasteiger partial charge >= 0.3 is 0 Å². The van der Waals surface area contributed by atoms with Crippen molar-refractivity contribution in [3.8, 4) is 0 Å². The van der Waals surface area contributed by atoms with Crippen LogP contribution in [0.3, 0.4) is 0 Å². The molecule has 0 N–H and O–H groups in total. The second-order valence-corrected chi connectivity index (χ2v) is 3.71. The Morgan fingerprint density at radius 2 is 1.71 bits per heavy atom. The van der Waals surface area contributed by atoms with Gasteiger partial charge in [-0.1, -0.05) is 32.9 Å². The number of fused-ring (bicyclic) bond motifs is 1. The van der Waals surface area contributed by atoms with Gasteiger partial charge in [-0.3, -0.25) is 0 Å². The predicted molar refractivity (Wildman–Crippen MR) is 63.9 cm³/mol. The summed E-state index contributed by atoms with van der Waals surface area (Å²) in [6.07, 6.45) is 5.20. The predicted octanol–water partition coefficient (Wildman–Crippen LogP) is 4.07. The van der Waals surface area contributed by atoms with Crippen molar-refractivity contribution in [1.29, 1.82) is 0 Å². The molecule has 0 atom stereocenters. The van der Waals surface area contributed by atoms with E-state index in [4.69, 9.17) is 0 Å². The highest BCUT2D eigenvalue weighted by molar-refractivity contribution is 5.43. The average Bonchev–Trinajstić information content (AvgIpc) is 2.71. The highest BCUT2D eigenvalue weighted by Crippen LogP contribution is 2.28. The zero-order valence-corrected chi connectivity index (χ0v) is 9.98. The van der Waals surface area contributed by atoms with Gasteiger partial charge in [-0.05, 0) is 54.9 Å². The Kier molecular flexibility index (Phi) is 4.19. The van der Waals surface area contributed by atoms with Crippen molar-refractivity contribution in [2.45, 2.75) is 53.4 Å². The molecule has 1 aromatic carbocycles. The Balaban J connectivity index is 0.000000461. The second-order valence-electron chi connectivity index (χ2n) is 3.71. The van der Waals surface area contributed by atoms with Gasteiger partial charge in [0.15, 0.2) is 0 Å². The minimum absolute atomic E-state index is 1.20. The fourth-order valence-electron chi connectivity index (χ4n) is 2.29. The Morgan fingerprint density at radius 1 is 1.07 bits per heavy atom. The Bertz CT molecular complexity index is 297. The third-order valence-electron chi connectivity index (χ3n) is 3.00. The summed E-state index contributed by atoms with van der Waals surface area (Å²) in [5.74, 6) is 0. The molecule has 0 nitrogen and oxygen atoms in total. The lowest BCUT2D eigenvalue weighted by atomic mass is 9.98. The lowest BCUT2D eigenvalue weighted by Crippen LogP contribution is -1.93. The van der Waals surface area contributed by atoms with Crippen molar-refractivity contribution < 1.29 is 0 Å². The molecular weight excluding hydrogens is 168 g/mol. The number of rotatable bonds is 1. The van der Waals surface area contributed by atoms with E-state index in [1.54, 1.807) is 16.7 Å². The molecule has 0 aliphatic heterocycles. The lowest BCUT2D eigenvalue weighted by Gasteiger charge is -2.08. The Labute approximate surface area is 88.4 Å². The normalized spacial score (nSPS) is 13.1. The minimum Gasteiger partial charge on any atom is -0.0683 e. The third-order valence-corrected chi connectivity index (χ3v) is 3.00. The summed E-state index contributed by atoms with van der Waals surface area (Å²) in [5, 5.41) is 0. The molecule has 2 rings (SSSR count). The third kappa shape index (κ3) is 2.00. The molecule has 0 unspecified atom stereocenters. The zero-order valence-electron chi connectivity index (χ0n) is 9.98. The Hall–Kier alpha value is -0.780. The van der Waals surface area contributed by atoms with E-state index in [1.165, 1.54) is 31.2 Å². The van der Waals surface area contributed by atoms with Gasteiger partial charge < -0.3 is 0 Å². The summed E-state index contributed by atoms with van der Waals surface area (Å²) in [6.45, 7) is 8.49. The number of aryl methyl sites for hydroxylation is 2.